The zero-order valence-electron chi connectivity index (χ0n) is 10.3. The SMILES string of the molecule is CCCNC1CCCS(=O)c2c(F)cc(F)cc21. The van der Waals surface area contributed by atoms with Crippen LogP contribution in [0.25, 0.3) is 0 Å². The predicted octanol–water partition coefficient (Wildman–Crippen LogP) is 2.91. The summed E-state index contributed by atoms with van der Waals surface area (Å²) in [5.41, 5.74) is 0.525. The normalized spacial score (nSPS) is 23.5. The van der Waals surface area contributed by atoms with E-state index >= 15 is 0 Å². The van der Waals surface area contributed by atoms with Crippen molar-refractivity contribution in [2.45, 2.75) is 37.1 Å². The summed E-state index contributed by atoms with van der Waals surface area (Å²) < 4.78 is 39.1. The number of rotatable bonds is 3. The minimum Gasteiger partial charge on any atom is -0.310 e. The van der Waals surface area contributed by atoms with Gasteiger partial charge in [-0.25, -0.2) is 8.78 Å². The fourth-order valence-corrected chi connectivity index (χ4v) is 3.66. The van der Waals surface area contributed by atoms with Crippen LogP contribution in [0.15, 0.2) is 17.0 Å². The molecule has 0 spiro atoms. The van der Waals surface area contributed by atoms with Crippen LogP contribution in [0.2, 0.25) is 0 Å². The molecule has 0 amide bonds. The molecule has 1 aromatic rings. The van der Waals surface area contributed by atoms with Crippen molar-refractivity contribution in [3.8, 4) is 0 Å². The summed E-state index contributed by atoms with van der Waals surface area (Å²) in [4.78, 5) is 0.183. The number of halogens is 2. The Morgan fingerprint density at radius 1 is 1.44 bits per heavy atom. The van der Waals surface area contributed by atoms with Crippen LogP contribution in [0.4, 0.5) is 8.78 Å². The third-order valence-electron chi connectivity index (χ3n) is 3.10. The second kappa shape index (κ2) is 5.89. The Labute approximate surface area is 108 Å². The second-order valence-corrected chi connectivity index (χ2v) is 6.01. The Morgan fingerprint density at radius 2 is 2.22 bits per heavy atom. The van der Waals surface area contributed by atoms with Gasteiger partial charge in [-0.05, 0) is 37.4 Å². The zero-order chi connectivity index (χ0) is 13.1. The summed E-state index contributed by atoms with van der Waals surface area (Å²) in [5.74, 6) is -0.846. The highest BCUT2D eigenvalue weighted by Crippen LogP contribution is 2.31. The number of fused-ring (bicyclic) bond motifs is 1. The maximum Gasteiger partial charge on any atom is 0.142 e. The molecule has 2 unspecified atom stereocenters. The smallest absolute Gasteiger partial charge is 0.142 e. The number of hydrogen-bond acceptors (Lipinski definition) is 2. The number of benzene rings is 1. The molecule has 1 N–H and O–H groups in total. The van der Waals surface area contributed by atoms with Gasteiger partial charge in [0.2, 0.25) is 0 Å². The van der Waals surface area contributed by atoms with Gasteiger partial charge in [0.25, 0.3) is 0 Å². The third kappa shape index (κ3) is 2.78. The Hall–Kier alpha value is -0.810. The molecule has 0 fully saturated rings. The topological polar surface area (TPSA) is 29.1 Å². The van der Waals surface area contributed by atoms with E-state index in [1.54, 1.807) is 0 Å². The van der Waals surface area contributed by atoms with Crippen LogP contribution in [-0.4, -0.2) is 16.5 Å². The lowest BCUT2D eigenvalue weighted by Gasteiger charge is -2.18. The van der Waals surface area contributed by atoms with Crippen LogP contribution in [0, 0.1) is 11.6 Å². The molecule has 1 aliphatic heterocycles. The average molecular weight is 273 g/mol. The van der Waals surface area contributed by atoms with E-state index in [4.69, 9.17) is 0 Å². The fourth-order valence-electron chi connectivity index (χ4n) is 2.29. The quantitative estimate of drug-likeness (QED) is 0.917. The Kier molecular flexibility index (Phi) is 4.45. The van der Waals surface area contributed by atoms with Gasteiger partial charge in [0.05, 0.1) is 15.7 Å². The van der Waals surface area contributed by atoms with Crippen LogP contribution in [0.5, 0.6) is 0 Å². The fraction of sp³-hybridized carbons (Fsp3) is 0.538. The first-order valence-electron chi connectivity index (χ1n) is 6.24. The van der Waals surface area contributed by atoms with Gasteiger partial charge in [0, 0.05) is 17.9 Å². The van der Waals surface area contributed by atoms with Crippen molar-refractivity contribution in [1.82, 2.24) is 5.32 Å². The molecule has 1 aromatic carbocycles. The van der Waals surface area contributed by atoms with Crippen molar-refractivity contribution >= 4 is 10.8 Å². The van der Waals surface area contributed by atoms with Crippen molar-refractivity contribution < 1.29 is 13.0 Å². The van der Waals surface area contributed by atoms with Crippen molar-refractivity contribution in [1.29, 1.82) is 0 Å². The highest BCUT2D eigenvalue weighted by Gasteiger charge is 2.26. The molecule has 5 heteroatoms. The zero-order valence-corrected chi connectivity index (χ0v) is 11.2. The lowest BCUT2D eigenvalue weighted by atomic mass is 10.0. The lowest BCUT2D eigenvalue weighted by molar-refractivity contribution is 0.479. The van der Waals surface area contributed by atoms with Gasteiger partial charge in [-0.1, -0.05) is 6.92 Å². The third-order valence-corrected chi connectivity index (χ3v) is 4.65. The summed E-state index contributed by atoms with van der Waals surface area (Å²) in [6, 6.07) is 2.03. The Balaban J connectivity index is 2.44. The minimum atomic E-state index is -1.36. The summed E-state index contributed by atoms with van der Waals surface area (Å²) in [5, 5.41) is 3.27. The number of hydrogen-bond donors (Lipinski definition) is 1. The highest BCUT2D eigenvalue weighted by molar-refractivity contribution is 7.85. The van der Waals surface area contributed by atoms with Gasteiger partial charge < -0.3 is 5.32 Å². The first-order valence-corrected chi connectivity index (χ1v) is 7.56. The molecule has 2 rings (SSSR count). The summed E-state index contributed by atoms with van der Waals surface area (Å²) >= 11 is 0. The number of nitrogens with one attached hydrogen (secondary N) is 1. The van der Waals surface area contributed by atoms with E-state index in [9.17, 15) is 13.0 Å². The molecule has 0 saturated heterocycles. The molecule has 0 aliphatic carbocycles. The van der Waals surface area contributed by atoms with E-state index < -0.39 is 22.4 Å². The van der Waals surface area contributed by atoms with E-state index in [0.717, 1.165) is 31.9 Å². The Bertz CT molecular complexity index is 465. The largest absolute Gasteiger partial charge is 0.310 e. The molecule has 2 nitrogen and oxygen atoms in total. The molecule has 0 aromatic heterocycles. The van der Waals surface area contributed by atoms with Gasteiger partial charge in [0.1, 0.15) is 11.6 Å². The van der Waals surface area contributed by atoms with Crippen LogP contribution < -0.4 is 5.32 Å². The second-order valence-electron chi connectivity index (χ2n) is 4.50. The molecule has 2 atom stereocenters. The molecular weight excluding hydrogens is 256 g/mol. The molecule has 0 bridgehead atoms. The van der Waals surface area contributed by atoms with Gasteiger partial charge in [-0.15, -0.1) is 0 Å². The molecule has 18 heavy (non-hydrogen) atoms. The first-order chi connectivity index (χ1) is 8.63. The van der Waals surface area contributed by atoms with Gasteiger partial charge in [-0.2, -0.15) is 0 Å². The first kappa shape index (κ1) is 13.6. The van der Waals surface area contributed by atoms with E-state index in [-0.39, 0.29) is 10.9 Å². The van der Waals surface area contributed by atoms with E-state index in [0.29, 0.717) is 11.3 Å². The summed E-state index contributed by atoms with van der Waals surface area (Å²) in [7, 11) is -1.36. The molecular formula is C13H17F2NOS. The van der Waals surface area contributed by atoms with Gasteiger partial charge in [-0.3, -0.25) is 4.21 Å². The van der Waals surface area contributed by atoms with Crippen LogP contribution in [-0.2, 0) is 10.8 Å². The highest BCUT2D eigenvalue weighted by atomic mass is 32.2. The molecule has 1 heterocycles. The standard InChI is InChI=1S/C13H17F2NOS/c1-2-5-16-12-4-3-6-18(17)13-10(12)7-9(14)8-11(13)15/h7-8,12,16H,2-6H2,1H3. The van der Waals surface area contributed by atoms with Crippen molar-refractivity contribution in [2.75, 3.05) is 12.3 Å². The summed E-state index contributed by atoms with van der Waals surface area (Å²) in [6.07, 6.45) is 2.47. The summed E-state index contributed by atoms with van der Waals surface area (Å²) in [6.45, 7) is 2.82. The Morgan fingerprint density at radius 3 is 2.94 bits per heavy atom. The van der Waals surface area contributed by atoms with Crippen molar-refractivity contribution in [2.24, 2.45) is 0 Å². The lowest BCUT2D eigenvalue weighted by Crippen LogP contribution is -2.22. The predicted molar refractivity (Wildman–Crippen MR) is 67.9 cm³/mol. The monoisotopic (exact) mass is 273 g/mol. The van der Waals surface area contributed by atoms with Gasteiger partial charge in [0.15, 0.2) is 0 Å². The molecule has 100 valence electrons. The van der Waals surface area contributed by atoms with Crippen molar-refractivity contribution in [3.05, 3.63) is 29.3 Å². The minimum absolute atomic E-state index is 0.100. The molecule has 1 aliphatic rings. The van der Waals surface area contributed by atoms with E-state index in [1.165, 1.54) is 6.07 Å². The van der Waals surface area contributed by atoms with E-state index in [2.05, 4.69) is 5.32 Å². The van der Waals surface area contributed by atoms with Crippen LogP contribution in [0.1, 0.15) is 37.8 Å². The maximum absolute atomic E-state index is 13.8. The molecule has 0 radical (unpaired) electrons. The van der Waals surface area contributed by atoms with Crippen molar-refractivity contribution in [3.63, 3.8) is 0 Å². The average Bonchev–Trinajstić information content (AvgIpc) is 2.46. The van der Waals surface area contributed by atoms with Crippen LogP contribution >= 0.6 is 0 Å². The van der Waals surface area contributed by atoms with E-state index in [1.807, 2.05) is 6.92 Å². The van der Waals surface area contributed by atoms with Gasteiger partial charge >= 0.3 is 0 Å². The molecule has 0 saturated carbocycles. The maximum atomic E-state index is 13.8. The van der Waals surface area contributed by atoms with Crippen LogP contribution in [0.3, 0.4) is 0 Å².